The van der Waals surface area contributed by atoms with Crippen molar-refractivity contribution in [1.82, 2.24) is 19.7 Å². The number of carbonyl (C=O) groups excluding carboxylic acids is 1. The number of pyridine rings is 2. The Hall–Kier alpha value is -4.30. The minimum absolute atomic E-state index is 0.237. The monoisotopic (exact) mass is 466 g/mol. The molecule has 176 valence electrons. The van der Waals surface area contributed by atoms with E-state index in [4.69, 9.17) is 9.84 Å². The van der Waals surface area contributed by atoms with Crippen molar-refractivity contribution >= 4 is 23.5 Å². The smallest absolute Gasteiger partial charge is 0.248 e. The van der Waals surface area contributed by atoms with E-state index in [-0.39, 0.29) is 5.91 Å². The van der Waals surface area contributed by atoms with Gasteiger partial charge in [-0.1, -0.05) is 30.3 Å². The zero-order valence-corrected chi connectivity index (χ0v) is 19.2. The van der Waals surface area contributed by atoms with Gasteiger partial charge in [0.2, 0.25) is 5.91 Å². The number of benzene rings is 1. The quantitative estimate of drug-likeness (QED) is 0.416. The van der Waals surface area contributed by atoms with Crippen LogP contribution in [0.3, 0.4) is 0 Å². The van der Waals surface area contributed by atoms with Gasteiger partial charge < -0.3 is 15.0 Å². The lowest BCUT2D eigenvalue weighted by Crippen LogP contribution is -2.36. The van der Waals surface area contributed by atoms with Crippen molar-refractivity contribution in [2.45, 2.75) is 6.54 Å². The Morgan fingerprint density at radius 1 is 1.03 bits per heavy atom. The summed E-state index contributed by atoms with van der Waals surface area (Å²) in [5.41, 5.74) is 4.29. The van der Waals surface area contributed by atoms with Crippen molar-refractivity contribution in [3.05, 3.63) is 96.6 Å². The van der Waals surface area contributed by atoms with Crippen molar-refractivity contribution in [3.8, 4) is 11.3 Å². The Balaban J connectivity index is 1.30. The molecular formula is C27H26N6O2. The second-order valence-corrected chi connectivity index (χ2v) is 8.19. The molecule has 0 unspecified atom stereocenters. The van der Waals surface area contributed by atoms with E-state index >= 15 is 0 Å². The number of anilines is 2. The maximum atomic E-state index is 12.6. The van der Waals surface area contributed by atoms with Crippen LogP contribution in [0.2, 0.25) is 0 Å². The van der Waals surface area contributed by atoms with Gasteiger partial charge in [-0.3, -0.25) is 14.5 Å². The molecule has 3 aromatic heterocycles. The predicted octanol–water partition coefficient (Wildman–Crippen LogP) is 3.88. The van der Waals surface area contributed by atoms with Gasteiger partial charge in [-0.2, -0.15) is 5.10 Å². The fourth-order valence-electron chi connectivity index (χ4n) is 3.93. The average Bonchev–Trinajstić information content (AvgIpc) is 3.32. The van der Waals surface area contributed by atoms with E-state index in [0.29, 0.717) is 25.4 Å². The normalized spacial score (nSPS) is 13.8. The van der Waals surface area contributed by atoms with Gasteiger partial charge in [0.25, 0.3) is 0 Å². The second kappa shape index (κ2) is 10.8. The molecule has 35 heavy (non-hydrogen) atoms. The van der Waals surface area contributed by atoms with Gasteiger partial charge in [0.1, 0.15) is 11.5 Å². The van der Waals surface area contributed by atoms with Crippen molar-refractivity contribution < 1.29 is 9.53 Å². The molecule has 8 heteroatoms. The third-order valence-corrected chi connectivity index (χ3v) is 5.68. The summed E-state index contributed by atoms with van der Waals surface area (Å²) < 4.78 is 7.26. The third-order valence-electron chi connectivity index (χ3n) is 5.68. The molecule has 8 nitrogen and oxygen atoms in total. The lowest BCUT2D eigenvalue weighted by atomic mass is 10.1. The van der Waals surface area contributed by atoms with Crippen LogP contribution in [0.1, 0.15) is 11.1 Å². The Kier molecular flexibility index (Phi) is 6.91. The van der Waals surface area contributed by atoms with Crippen LogP contribution in [0.5, 0.6) is 0 Å². The molecule has 5 rings (SSSR count). The van der Waals surface area contributed by atoms with E-state index in [1.807, 2.05) is 53.3 Å². The fraction of sp³-hybridized carbons (Fsp3) is 0.185. The summed E-state index contributed by atoms with van der Waals surface area (Å²) in [4.78, 5) is 23.5. The number of nitrogens with zero attached hydrogens (tertiary/aromatic N) is 5. The standard InChI is InChI=1S/C27H26N6O2/c34-26(30-24-9-10-25(29-18-24)32-13-15-35-16-14-32)11-8-23-20-33(19-21-5-2-1-3-6-21)31-27(23)22-7-4-12-28-17-22/h1-12,17-18,20H,13-16,19H2,(H,30,34)/b11-8+. The van der Waals surface area contributed by atoms with Crippen LogP contribution in [-0.2, 0) is 16.1 Å². The minimum Gasteiger partial charge on any atom is -0.378 e. The number of morpholine rings is 1. The van der Waals surface area contributed by atoms with Crippen molar-refractivity contribution in [3.63, 3.8) is 0 Å². The number of ether oxygens (including phenoxy) is 1. The van der Waals surface area contributed by atoms with Gasteiger partial charge in [0.15, 0.2) is 0 Å². The summed E-state index contributed by atoms with van der Waals surface area (Å²) in [5, 5.41) is 7.64. The third kappa shape index (κ3) is 5.80. The average molecular weight is 467 g/mol. The van der Waals surface area contributed by atoms with E-state index in [1.54, 1.807) is 24.7 Å². The highest BCUT2D eigenvalue weighted by Gasteiger charge is 2.13. The van der Waals surface area contributed by atoms with E-state index in [2.05, 4.69) is 32.3 Å². The number of hydrogen-bond acceptors (Lipinski definition) is 6. The molecule has 0 saturated carbocycles. The van der Waals surface area contributed by atoms with Crippen molar-refractivity contribution in [1.29, 1.82) is 0 Å². The van der Waals surface area contributed by atoms with E-state index in [1.165, 1.54) is 6.08 Å². The highest BCUT2D eigenvalue weighted by molar-refractivity contribution is 6.02. The number of aromatic nitrogens is 4. The van der Waals surface area contributed by atoms with Crippen LogP contribution in [0, 0.1) is 0 Å². The summed E-state index contributed by atoms with van der Waals surface area (Å²) >= 11 is 0. The maximum absolute atomic E-state index is 12.6. The molecule has 1 saturated heterocycles. The molecule has 0 bridgehead atoms. The summed E-state index contributed by atoms with van der Waals surface area (Å²) in [6, 6.07) is 17.7. The van der Waals surface area contributed by atoms with Gasteiger partial charge in [-0.25, -0.2) is 4.98 Å². The SMILES string of the molecule is O=C(/C=C/c1cn(Cc2ccccc2)nc1-c1cccnc1)Nc1ccc(N2CCOCC2)nc1. The van der Waals surface area contributed by atoms with Gasteiger partial charge in [-0.05, 0) is 35.9 Å². The lowest BCUT2D eigenvalue weighted by Gasteiger charge is -2.27. The molecular weight excluding hydrogens is 440 g/mol. The fourth-order valence-corrected chi connectivity index (χ4v) is 3.93. The molecule has 0 radical (unpaired) electrons. The Morgan fingerprint density at radius 2 is 1.89 bits per heavy atom. The molecule has 1 amide bonds. The van der Waals surface area contributed by atoms with Crippen LogP contribution in [0.4, 0.5) is 11.5 Å². The first-order valence-corrected chi connectivity index (χ1v) is 11.5. The highest BCUT2D eigenvalue weighted by Crippen LogP contribution is 2.23. The molecule has 4 heterocycles. The van der Waals surface area contributed by atoms with Gasteiger partial charge in [0.05, 0.1) is 31.6 Å². The summed E-state index contributed by atoms with van der Waals surface area (Å²) in [5.74, 6) is 0.646. The zero-order chi connectivity index (χ0) is 23.9. The van der Waals surface area contributed by atoms with E-state index in [0.717, 1.165) is 41.3 Å². The molecule has 1 fully saturated rings. The summed E-state index contributed by atoms with van der Waals surface area (Å²) in [6.07, 6.45) is 10.4. The van der Waals surface area contributed by atoms with Crippen LogP contribution < -0.4 is 10.2 Å². The Morgan fingerprint density at radius 3 is 2.63 bits per heavy atom. The second-order valence-electron chi connectivity index (χ2n) is 8.19. The molecule has 1 aliphatic rings. The van der Waals surface area contributed by atoms with Gasteiger partial charge in [-0.15, -0.1) is 0 Å². The first-order valence-electron chi connectivity index (χ1n) is 11.5. The molecule has 0 atom stereocenters. The largest absolute Gasteiger partial charge is 0.378 e. The lowest BCUT2D eigenvalue weighted by molar-refractivity contribution is -0.111. The summed E-state index contributed by atoms with van der Waals surface area (Å²) in [7, 11) is 0. The molecule has 1 aliphatic heterocycles. The topological polar surface area (TPSA) is 85.2 Å². The molecule has 0 aliphatic carbocycles. The maximum Gasteiger partial charge on any atom is 0.248 e. The molecule has 1 N–H and O–H groups in total. The summed E-state index contributed by atoms with van der Waals surface area (Å²) in [6.45, 7) is 3.68. The highest BCUT2D eigenvalue weighted by atomic mass is 16.5. The number of rotatable bonds is 7. The molecule has 1 aromatic carbocycles. The Bertz CT molecular complexity index is 1280. The predicted molar refractivity (Wildman–Crippen MR) is 136 cm³/mol. The molecule has 0 spiro atoms. The van der Waals surface area contributed by atoms with Crippen LogP contribution in [-0.4, -0.2) is 52.0 Å². The number of nitrogens with one attached hydrogen (secondary N) is 1. The van der Waals surface area contributed by atoms with Crippen LogP contribution in [0.25, 0.3) is 17.3 Å². The van der Waals surface area contributed by atoms with E-state index in [9.17, 15) is 4.79 Å². The van der Waals surface area contributed by atoms with Crippen molar-refractivity contribution in [2.75, 3.05) is 36.5 Å². The van der Waals surface area contributed by atoms with Crippen LogP contribution >= 0.6 is 0 Å². The number of hydrogen-bond donors (Lipinski definition) is 1. The zero-order valence-electron chi connectivity index (χ0n) is 19.2. The van der Waals surface area contributed by atoms with Gasteiger partial charge >= 0.3 is 0 Å². The van der Waals surface area contributed by atoms with E-state index < -0.39 is 0 Å². The van der Waals surface area contributed by atoms with Gasteiger partial charge in [0, 0.05) is 48.9 Å². The molecule has 4 aromatic rings. The minimum atomic E-state index is -0.237. The number of carbonyl (C=O) groups is 1. The first-order chi connectivity index (χ1) is 17.2. The Labute approximate surface area is 203 Å². The van der Waals surface area contributed by atoms with Crippen LogP contribution in [0.15, 0.2) is 85.5 Å². The first kappa shape index (κ1) is 22.5. The number of amides is 1. The van der Waals surface area contributed by atoms with Crippen molar-refractivity contribution in [2.24, 2.45) is 0 Å².